The molecule has 1 aliphatic rings. The predicted molar refractivity (Wildman–Crippen MR) is 80.4 cm³/mol. The van der Waals surface area contributed by atoms with Crippen LogP contribution in [0.25, 0.3) is 0 Å². The molecule has 1 amide bonds. The number of anilines is 2. The summed E-state index contributed by atoms with van der Waals surface area (Å²) in [6, 6.07) is 7.51. The highest BCUT2D eigenvalue weighted by Gasteiger charge is 2.38. The largest absolute Gasteiger partial charge is 0.399 e. The summed E-state index contributed by atoms with van der Waals surface area (Å²) in [5.74, 6) is -0.286. The molecule has 1 aromatic heterocycles. The third-order valence-electron chi connectivity index (χ3n) is 4.04. The van der Waals surface area contributed by atoms with Gasteiger partial charge in [0.1, 0.15) is 24.5 Å². The molecule has 0 bridgehead atoms. The molecular formula is C15H20N5O+. The first-order chi connectivity index (χ1) is 10.0. The molecule has 110 valence electrons. The number of carbonyl (C=O) groups is 1. The third-order valence-corrected chi connectivity index (χ3v) is 4.04. The Balaban J connectivity index is 1.88. The van der Waals surface area contributed by atoms with Crippen LogP contribution in [0.1, 0.15) is 12.5 Å². The van der Waals surface area contributed by atoms with Gasteiger partial charge < -0.3 is 16.4 Å². The molecule has 1 fully saturated rings. The van der Waals surface area contributed by atoms with E-state index in [0.717, 1.165) is 12.2 Å². The van der Waals surface area contributed by atoms with Crippen LogP contribution >= 0.6 is 0 Å². The maximum atomic E-state index is 11.8. The first-order valence-electron chi connectivity index (χ1n) is 6.99. The fourth-order valence-electron chi connectivity index (χ4n) is 2.94. The normalized spacial score (nSPS) is 21.7. The van der Waals surface area contributed by atoms with E-state index < -0.39 is 0 Å². The van der Waals surface area contributed by atoms with E-state index in [9.17, 15) is 4.79 Å². The summed E-state index contributed by atoms with van der Waals surface area (Å²) in [6.45, 7) is 0.756. The molecule has 4 N–H and O–H groups in total. The fourth-order valence-corrected chi connectivity index (χ4v) is 2.94. The molecule has 0 radical (unpaired) electrons. The van der Waals surface area contributed by atoms with Crippen LogP contribution in [0.4, 0.5) is 11.4 Å². The van der Waals surface area contributed by atoms with Crippen LogP contribution in [0.3, 0.4) is 0 Å². The molecule has 2 aromatic rings. The second kappa shape index (κ2) is 5.12. The number of benzene rings is 1. The predicted octanol–water partition coefficient (Wildman–Crippen LogP) is 0.200. The number of hydrogen-bond donors (Lipinski definition) is 2. The van der Waals surface area contributed by atoms with Gasteiger partial charge in [0.05, 0.1) is 13.6 Å². The van der Waals surface area contributed by atoms with Crippen molar-refractivity contribution in [1.29, 1.82) is 0 Å². The first-order valence-corrected chi connectivity index (χ1v) is 6.99. The zero-order valence-electron chi connectivity index (χ0n) is 12.0. The Hall–Kier alpha value is -2.50. The second-order valence-electron chi connectivity index (χ2n) is 5.58. The number of hydrogen-bond acceptors (Lipinski definition) is 3. The quantitative estimate of drug-likeness (QED) is 0.625. The van der Waals surface area contributed by atoms with Gasteiger partial charge in [-0.05, 0) is 24.3 Å². The SMILES string of the molecule is C[n+]1ccn(C2C[C@@H](C(N)=O)N(c3ccc(N)cc3)C2)c1. The van der Waals surface area contributed by atoms with Gasteiger partial charge in [0.15, 0.2) is 0 Å². The van der Waals surface area contributed by atoms with Crippen molar-refractivity contribution >= 4 is 17.3 Å². The molecule has 0 aliphatic carbocycles. The molecule has 21 heavy (non-hydrogen) atoms. The van der Waals surface area contributed by atoms with Crippen molar-refractivity contribution in [2.75, 3.05) is 17.2 Å². The van der Waals surface area contributed by atoms with Gasteiger partial charge in [-0.25, -0.2) is 9.13 Å². The Bertz CT molecular complexity index is 648. The van der Waals surface area contributed by atoms with Crippen LogP contribution in [0.15, 0.2) is 43.0 Å². The van der Waals surface area contributed by atoms with Gasteiger partial charge in [-0.3, -0.25) is 4.79 Å². The van der Waals surface area contributed by atoms with Crippen molar-refractivity contribution in [3.05, 3.63) is 43.0 Å². The minimum atomic E-state index is -0.286. The second-order valence-corrected chi connectivity index (χ2v) is 5.58. The van der Waals surface area contributed by atoms with Crippen molar-refractivity contribution in [2.45, 2.75) is 18.5 Å². The monoisotopic (exact) mass is 286 g/mol. The van der Waals surface area contributed by atoms with Crippen molar-refractivity contribution in [2.24, 2.45) is 12.8 Å². The summed E-state index contributed by atoms with van der Waals surface area (Å²) in [4.78, 5) is 13.8. The lowest BCUT2D eigenvalue weighted by Crippen LogP contribution is -2.40. The van der Waals surface area contributed by atoms with Gasteiger partial charge in [-0.2, -0.15) is 0 Å². The standard InChI is InChI=1S/C15H19N5O/c1-18-6-7-19(10-18)13-8-14(15(17)21)20(9-13)12-4-2-11(16)3-5-12/h2-7,10,13-14H,8-9,16H2,1H3,(H-,17,21)/p+1/t13?,14-/m0/s1. The van der Waals surface area contributed by atoms with Gasteiger partial charge in [0, 0.05) is 17.8 Å². The lowest BCUT2D eigenvalue weighted by atomic mass is 10.1. The van der Waals surface area contributed by atoms with Crippen molar-refractivity contribution in [3.8, 4) is 0 Å². The van der Waals surface area contributed by atoms with Crippen LogP contribution in [-0.4, -0.2) is 23.1 Å². The highest BCUT2D eigenvalue weighted by Crippen LogP contribution is 2.32. The smallest absolute Gasteiger partial charge is 0.243 e. The maximum absolute atomic E-state index is 11.8. The molecule has 3 rings (SSSR count). The Morgan fingerprint density at radius 1 is 1.33 bits per heavy atom. The first kappa shape index (κ1) is 13.5. The number of nitrogen functional groups attached to an aromatic ring is 1. The van der Waals surface area contributed by atoms with Crippen LogP contribution in [0.5, 0.6) is 0 Å². The maximum Gasteiger partial charge on any atom is 0.243 e. The van der Waals surface area contributed by atoms with E-state index in [0.29, 0.717) is 12.1 Å². The zero-order valence-corrected chi connectivity index (χ0v) is 12.0. The van der Waals surface area contributed by atoms with Gasteiger partial charge in [-0.15, -0.1) is 0 Å². The Kier molecular flexibility index (Phi) is 3.29. The molecule has 0 spiro atoms. The average molecular weight is 286 g/mol. The number of nitrogens with zero attached hydrogens (tertiary/aromatic N) is 3. The van der Waals surface area contributed by atoms with Gasteiger partial charge in [0.2, 0.25) is 12.2 Å². The number of nitrogens with two attached hydrogens (primary N) is 2. The van der Waals surface area contributed by atoms with Crippen molar-refractivity contribution in [1.82, 2.24) is 4.57 Å². The number of amides is 1. The lowest BCUT2D eigenvalue weighted by molar-refractivity contribution is -0.671. The fraction of sp³-hybridized carbons (Fsp3) is 0.333. The van der Waals surface area contributed by atoms with E-state index >= 15 is 0 Å². The zero-order chi connectivity index (χ0) is 15.0. The molecular weight excluding hydrogens is 266 g/mol. The average Bonchev–Trinajstić information content (AvgIpc) is 3.05. The molecule has 1 aromatic carbocycles. The minimum Gasteiger partial charge on any atom is -0.399 e. The number of rotatable bonds is 3. The summed E-state index contributed by atoms with van der Waals surface area (Å²) in [7, 11) is 1.98. The van der Waals surface area contributed by atoms with E-state index in [1.807, 2.05) is 54.6 Å². The highest BCUT2D eigenvalue weighted by atomic mass is 16.1. The van der Waals surface area contributed by atoms with E-state index in [4.69, 9.17) is 11.5 Å². The summed E-state index contributed by atoms with van der Waals surface area (Å²) in [6.07, 6.45) is 6.75. The van der Waals surface area contributed by atoms with Crippen molar-refractivity contribution in [3.63, 3.8) is 0 Å². The number of imidazole rings is 1. The minimum absolute atomic E-state index is 0.237. The molecule has 2 atom stereocenters. The molecule has 0 saturated carbocycles. The summed E-state index contributed by atoms with van der Waals surface area (Å²) in [5.41, 5.74) is 13.0. The van der Waals surface area contributed by atoms with E-state index in [-0.39, 0.29) is 18.0 Å². The Morgan fingerprint density at radius 2 is 2.05 bits per heavy atom. The van der Waals surface area contributed by atoms with Crippen LogP contribution in [0, 0.1) is 0 Å². The third kappa shape index (κ3) is 2.56. The molecule has 2 heterocycles. The van der Waals surface area contributed by atoms with Crippen LogP contribution < -0.4 is 20.9 Å². The van der Waals surface area contributed by atoms with E-state index in [2.05, 4.69) is 9.47 Å². The Morgan fingerprint density at radius 3 is 2.62 bits per heavy atom. The number of primary amides is 1. The Labute approximate surface area is 123 Å². The molecule has 1 aliphatic heterocycles. The topological polar surface area (TPSA) is 81.2 Å². The van der Waals surface area contributed by atoms with E-state index in [1.54, 1.807) is 0 Å². The molecule has 1 saturated heterocycles. The number of aryl methyl sites for hydroxylation is 1. The highest BCUT2D eigenvalue weighted by molar-refractivity contribution is 5.84. The summed E-state index contributed by atoms with van der Waals surface area (Å²) < 4.78 is 4.12. The summed E-state index contributed by atoms with van der Waals surface area (Å²) >= 11 is 0. The lowest BCUT2D eigenvalue weighted by Gasteiger charge is -2.23. The van der Waals surface area contributed by atoms with E-state index in [1.165, 1.54) is 0 Å². The number of aromatic nitrogens is 2. The molecule has 1 unspecified atom stereocenters. The van der Waals surface area contributed by atoms with Crippen molar-refractivity contribution < 1.29 is 9.36 Å². The van der Waals surface area contributed by atoms with Crippen LogP contribution in [0.2, 0.25) is 0 Å². The molecule has 6 nitrogen and oxygen atoms in total. The van der Waals surface area contributed by atoms with Gasteiger partial charge in [-0.1, -0.05) is 0 Å². The van der Waals surface area contributed by atoms with Crippen LogP contribution in [-0.2, 0) is 11.8 Å². The summed E-state index contributed by atoms with van der Waals surface area (Å²) in [5, 5.41) is 0. The van der Waals surface area contributed by atoms with Gasteiger partial charge in [0.25, 0.3) is 0 Å². The van der Waals surface area contributed by atoms with Gasteiger partial charge >= 0.3 is 0 Å². The molecule has 6 heteroatoms. The number of carbonyl (C=O) groups excluding carboxylic acids is 1.